The average Bonchev–Trinajstić information content (AvgIpc) is 2.25. The Kier molecular flexibility index (Phi) is 4.48. The van der Waals surface area contributed by atoms with Gasteiger partial charge in [-0.3, -0.25) is 4.79 Å². The van der Waals surface area contributed by atoms with E-state index in [1.165, 1.54) is 12.1 Å². The number of benzene rings is 1. The van der Waals surface area contributed by atoms with E-state index in [4.69, 9.17) is 5.11 Å². The largest absolute Gasteiger partial charge is 0.480 e. The minimum absolute atomic E-state index is 0.114. The summed E-state index contributed by atoms with van der Waals surface area (Å²) in [5.41, 5.74) is 0.947. The van der Waals surface area contributed by atoms with Gasteiger partial charge in [-0.1, -0.05) is 17.7 Å². The van der Waals surface area contributed by atoms with Gasteiger partial charge in [0.25, 0.3) is 0 Å². The van der Waals surface area contributed by atoms with Gasteiger partial charge in [0.2, 0.25) is 10.0 Å². The second-order valence-electron chi connectivity index (χ2n) is 4.35. The summed E-state index contributed by atoms with van der Waals surface area (Å²) in [5.74, 6) is -1.17. The zero-order valence-electron chi connectivity index (χ0n) is 10.6. The van der Waals surface area contributed by atoms with E-state index < -0.39 is 28.6 Å². The molecule has 1 aromatic rings. The number of aliphatic carboxylic acids is 1. The maximum Gasteiger partial charge on any atom is 0.318 e. The molecule has 0 amide bonds. The number of carboxylic acids is 1. The lowest BCUT2D eigenvalue weighted by Crippen LogP contribution is -2.40. The normalized spacial score (nSPS) is 12.1. The van der Waals surface area contributed by atoms with Crippen LogP contribution in [0.3, 0.4) is 0 Å². The van der Waals surface area contributed by atoms with Gasteiger partial charge in [-0.25, -0.2) is 8.42 Å². The Morgan fingerprint density at radius 3 is 2.17 bits per heavy atom. The fraction of sp³-hybridized carbons (Fsp3) is 0.417. The fourth-order valence-corrected chi connectivity index (χ4v) is 3.11. The Labute approximate surface area is 107 Å². The second kappa shape index (κ2) is 5.49. The van der Waals surface area contributed by atoms with Crippen molar-refractivity contribution in [1.82, 2.24) is 4.31 Å². The molecule has 1 rings (SSSR count). The summed E-state index contributed by atoms with van der Waals surface area (Å²) in [6.07, 6.45) is 0. The number of hydrogen-bond donors (Lipinski definition) is 1. The Balaban J connectivity index is 3.16. The maximum absolute atomic E-state index is 12.3. The number of aryl methyl sites for hydroxylation is 1. The van der Waals surface area contributed by atoms with Crippen LogP contribution < -0.4 is 0 Å². The van der Waals surface area contributed by atoms with Gasteiger partial charge in [-0.15, -0.1) is 0 Å². The third-order valence-electron chi connectivity index (χ3n) is 2.49. The zero-order chi connectivity index (χ0) is 13.9. The Hall–Kier alpha value is -1.40. The summed E-state index contributed by atoms with van der Waals surface area (Å²) in [7, 11) is -3.76. The molecule has 6 heteroatoms. The number of sulfonamides is 1. The van der Waals surface area contributed by atoms with Crippen molar-refractivity contribution in [3.63, 3.8) is 0 Å². The lowest BCUT2D eigenvalue weighted by molar-refractivity contribution is -0.137. The summed E-state index contributed by atoms with van der Waals surface area (Å²) in [6.45, 7) is 4.62. The van der Waals surface area contributed by atoms with Gasteiger partial charge < -0.3 is 5.11 Å². The first-order valence-electron chi connectivity index (χ1n) is 5.55. The standard InChI is InChI=1S/C12H17NO4S/c1-9(2)13(8-12(14)15)18(16,17)11-6-4-10(3)5-7-11/h4-7,9H,8H2,1-3H3,(H,14,15). The van der Waals surface area contributed by atoms with Crippen LogP contribution in [-0.2, 0) is 14.8 Å². The van der Waals surface area contributed by atoms with Crippen molar-refractivity contribution in [3.05, 3.63) is 29.8 Å². The second-order valence-corrected chi connectivity index (χ2v) is 6.24. The van der Waals surface area contributed by atoms with Gasteiger partial charge in [0.1, 0.15) is 6.54 Å². The van der Waals surface area contributed by atoms with Crippen LogP contribution in [0.4, 0.5) is 0 Å². The van der Waals surface area contributed by atoms with Gasteiger partial charge >= 0.3 is 5.97 Å². The molecule has 18 heavy (non-hydrogen) atoms. The summed E-state index contributed by atoms with van der Waals surface area (Å²) >= 11 is 0. The minimum Gasteiger partial charge on any atom is -0.480 e. The molecule has 0 atom stereocenters. The topological polar surface area (TPSA) is 74.7 Å². The molecule has 0 fully saturated rings. The molecule has 0 radical (unpaired) electrons. The molecular weight excluding hydrogens is 254 g/mol. The third-order valence-corrected chi connectivity index (χ3v) is 4.53. The molecule has 0 saturated heterocycles. The van der Waals surface area contributed by atoms with Crippen molar-refractivity contribution in [2.24, 2.45) is 0 Å². The molecule has 1 aromatic carbocycles. The first-order chi connectivity index (χ1) is 8.25. The SMILES string of the molecule is Cc1ccc(S(=O)(=O)N(CC(=O)O)C(C)C)cc1. The van der Waals surface area contributed by atoms with E-state index in [0.717, 1.165) is 9.87 Å². The van der Waals surface area contributed by atoms with Crippen molar-refractivity contribution < 1.29 is 18.3 Å². The lowest BCUT2D eigenvalue weighted by atomic mass is 10.2. The molecule has 0 bridgehead atoms. The highest BCUT2D eigenvalue weighted by Gasteiger charge is 2.28. The maximum atomic E-state index is 12.3. The minimum atomic E-state index is -3.76. The van der Waals surface area contributed by atoms with E-state index in [1.54, 1.807) is 26.0 Å². The fourth-order valence-electron chi connectivity index (χ4n) is 1.52. The quantitative estimate of drug-likeness (QED) is 0.880. The van der Waals surface area contributed by atoms with E-state index in [2.05, 4.69) is 0 Å². The van der Waals surface area contributed by atoms with Crippen molar-refractivity contribution >= 4 is 16.0 Å². The van der Waals surface area contributed by atoms with Crippen molar-refractivity contribution in [2.45, 2.75) is 31.7 Å². The molecule has 0 aliphatic carbocycles. The van der Waals surface area contributed by atoms with Crippen molar-refractivity contribution in [2.75, 3.05) is 6.54 Å². The van der Waals surface area contributed by atoms with Gasteiger partial charge in [0, 0.05) is 6.04 Å². The summed E-state index contributed by atoms with van der Waals surface area (Å²) < 4.78 is 25.5. The molecule has 5 nitrogen and oxygen atoms in total. The molecule has 0 aromatic heterocycles. The van der Waals surface area contributed by atoms with Gasteiger partial charge in [0.15, 0.2) is 0 Å². The predicted molar refractivity (Wildman–Crippen MR) is 67.8 cm³/mol. The van der Waals surface area contributed by atoms with E-state index >= 15 is 0 Å². The van der Waals surface area contributed by atoms with E-state index in [-0.39, 0.29) is 4.90 Å². The number of nitrogens with zero attached hydrogens (tertiary/aromatic N) is 1. The van der Waals surface area contributed by atoms with Crippen LogP contribution in [0, 0.1) is 6.92 Å². The number of rotatable bonds is 5. The summed E-state index contributed by atoms with van der Waals surface area (Å²) in [5, 5.41) is 8.78. The van der Waals surface area contributed by atoms with Crippen LogP contribution in [0.15, 0.2) is 29.2 Å². The zero-order valence-corrected chi connectivity index (χ0v) is 11.4. The van der Waals surface area contributed by atoms with Crippen LogP contribution in [0.25, 0.3) is 0 Å². The Morgan fingerprint density at radius 1 is 1.28 bits per heavy atom. The number of hydrogen-bond acceptors (Lipinski definition) is 3. The third kappa shape index (κ3) is 3.30. The average molecular weight is 271 g/mol. The highest BCUT2D eigenvalue weighted by atomic mass is 32.2. The van der Waals surface area contributed by atoms with Crippen LogP contribution >= 0.6 is 0 Å². The van der Waals surface area contributed by atoms with E-state index in [0.29, 0.717) is 0 Å². The predicted octanol–water partition coefficient (Wildman–Crippen LogP) is 1.48. The highest BCUT2D eigenvalue weighted by molar-refractivity contribution is 7.89. The number of carboxylic acid groups (broad SMARTS) is 1. The molecule has 0 heterocycles. The Bertz CT molecular complexity index is 520. The molecule has 0 saturated carbocycles. The van der Waals surface area contributed by atoms with Gasteiger partial charge in [-0.2, -0.15) is 4.31 Å². The summed E-state index contributed by atoms with van der Waals surface area (Å²) in [4.78, 5) is 10.9. The monoisotopic (exact) mass is 271 g/mol. The molecule has 0 aliphatic heterocycles. The molecule has 100 valence electrons. The lowest BCUT2D eigenvalue weighted by Gasteiger charge is -2.24. The van der Waals surface area contributed by atoms with E-state index in [1.807, 2.05) is 6.92 Å². The van der Waals surface area contributed by atoms with Crippen molar-refractivity contribution in [1.29, 1.82) is 0 Å². The first kappa shape index (κ1) is 14.7. The van der Waals surface area contributed by atoms with Crippen LogP contribution in [0.1, 0.15) is 19.4 Å². The molecule has 1 N–H and O–H groups in total. The number of carbonyl (C=O) groups is 1. The van der Waals surface area contributed by atoms with Gasteiger partial charge in [0.05, 0.1) is 4.90 Å². The molecule has 0 spiro atoms. The van der Waals surface area contributed by atoms with Crippen molar-refractivity contribution in [3.8, 4) is 0 Å². The van der Waals surface area contributed by atoms with Gasteiger partial charge in [-0.05, 0) is 32.9 Å². The highest BCUT2D eigenvalue weighted by Crippen LogP contribution is 2.18. The summed E-state index contributed by atoms with van der Waals surface area (Å²) in [6, 6.07) is 5.94. The molecule has 0 aliphatic rings. The first-order valence-corrected chi connectivity index (χ1v) is 6.99. The van der Waals surface area contributed by atoms with Crippen LogP contribution in [-0.4, -0.2) is 36.4 Å². The molecular formula is C12H17NO4S. The van der Waals surface area contributed by atoms with Crippen LogP contribution in [0.2, 0.25) is 0 Å². The van der Waals surface area contributed by atoms with Crippen LogP contribution in [0.5, 0.6) is 0 Å². The Morgan fingerprint density at radius 2 is 1.78 bits per heavy atom. The van der Waals surface area contributed by atoms with E-state index in [9.17, 15) is 13.2 Å². The smallest absolute Gasteiger partial charge is 0.318 e. The molecule has 0 unspecified atom stereocenters.